The number of hydrogen-bond acceptors (Lipinski definition) is 0. The van der Waals surface area contributed by atoms with Crippen molar-refractivity contribution in [1.82, 2.24) is 0 Å². The van der Waals surface area contributed by atoms with E-state index in [1.54, 1.807) is 0 Å². The topological polar surface area (TPSA) is 0 Å². The molecule has 0 aliphatic heterocycles. The van der Waals surface area contributed by atoms with Crippen molar-refractivity contribution in [2.75, 3.05) is 0 Å². The molecule has 1 fully saturated rings. The van der Waals surface area contributed by atoms with E-state index in [0.717, 1.165) is 0 Å². The van der Waals surface area contributed by atoms with Crippen LogP contribution in [-0.2, 0) is 6.42 Å². The molecule has 1 aromatic carbocycles. The van der Waals surface area contributed by atoms with E-state index in [1.807, 2.05) is 0 Å². The Morgan fingerprint density at radius 3 is 1.79 bits per heavy atom. The number of hydrogen-bond donors (Lipinski definition) is 0. The predicted molar refractivity (Wildman–Crippen MR) is 70.7 cm³/mol. The third-order valence-electron chi connectivity index (χ3n) is 4.46. The highest BCUT2D eigenvalue weighted by atomic mass is 35.5. The molecule has 2 unspecified atom stereocenters. The molecule has 1 aromatic rings. The lowest BCUT2D eigenvalue weighted by molar-refractivity contribution is -0.0848. The molecule has 0 saturated heterocycles. The van der Waals surface area contributed by atoms with Gasteiger partial charge in [0.15, 0.2) is 23.3 Å². The van der Waals surface area contributed by atoms with Gasteiger partial charge in [0.1, 0.15) is 5.03 Å². The van der Waals surface area contributed by atoms with Crippen LogP contribution in [-0.4, -0.2) is 6.18 Å². The Labute approximate surface area is 137 Å². The van der Waals surface area contributed by atoms with Crippen LogP contribution in [0.15, 0.2) is 11.1 Å². The van der Waals surface area contributed by atoms with Gasteiger partial charge in [-0.3, -0.25) is 0 Å². The summed E-state index contributed by atoms with van der Waals surface area (Å²) in [5.74, 6) is -11.9. The van der Waals surface area contributed by atoms with Crippen molar-refractivity contribution in [1.29, 1.82) is 0 Å². The van der Waals surface area contributed by atoms with Crippen molar-refractivity contribution in [2.45, 2.75) is 26.4 Å². The van der Waals surface area contributed by atoms with E-state index in [-0.39, 0.29) is 0 Å². The largest absolute Gasteiger partial charge is 0.426 e. The van der Waals surface area contributed by atoms with Crippen LogP contribution in [0, 0.1) is 46.3 Å². The molecule has 0 radical (unpaired) electrons. The SMILES string of the molecule is CC1(C)C(C=C(Cl)C(F)(F)F)C1Cc1c(F)c(F)c(F)c(F)c1F. The van der Waals surface area contributed by atoms with Crippen LogP contribution < -0.4 is 0 Å². The maximum atomic E-state index is 13.7. The maximum absolute atomic E-state index is 13.7. The molecule has 0 bridgehead atoms. The first-order valence-electron chi connectivity index (χ1n) is 6.75. The first kappa shape index (κ1) is 19.0. The molecule has 1 aliphatic carbocycles. The van der Waals surface area contributed by atoms with Crippen LogP contribution in [0.1, 0.15) is 19.4 Å². The van der Waals surface area contributed by atoms with E-state index in [1.165, 1.54) is 13.8 Å². The molecular weight excluding hydrogens is 368 g/mol. The van der Waals surface area contributed by atoms with Gasteiger partial charge >= 0.3 is 6.18 Å². The molecule has 2 atom stereocenters. The van der Waals surface area contributed by atoms with Crippen LogP contribution in [0.5, 0.6) is 0 Å². The highest BCUT2D eigenvalue weighted by molar-refractivity contribution is 6.30. The van der Waals surface area contributed by atoms with Crippen molar-refractivity contribution >= 4 is 11.6 Å². The van der Waals surface area contributed by atoms with Gasteiger partial charge < -0.3 is 0 Å². The number of allylic oxidation sites excluding steroid dienone is 2. The van der Waals surface area contributed by atoms with E-state index < -0.39 is 69.5 Å². The molecule has 134 valence electrons. The average molecular weight is 379 g/mol. The van der Waals surface area contributed by atoms with Gasteiger partial charge in [-0.1, -0.05) is 31.5 Å². The van der Waals surface area contributed by atoms with Gasteiger partial charge in [-0.05, 0) is 23.7 Å². The molecule has 0 heterocycles. The van der Waals surface area contributed by atoms with Gasteiger partial charge in [0.05, 0.1) is 0 Å². The summed E-state index contributed by atoms with van der Waals surface area (Å²) < 4.78 is 104. The highest BCUT2D eigenvalue weighted by Crippen LogP contribution is 2.61. The smallest absolute Gasteiger partial charge is 0.203 e. The van der Waals surface area contributed by atoms with Gasteiger partial charge in [-0.2, -0.15) is 13.2 Å². The third-order valence-corrected chi connectivity index (χ3v) is 4.80. The lowest BCUT2D eigenvalue weighted by atomic mass is 10.0. The summed E-state index contributed by atoms with van der Waals surface area (Å²) in [6.45, 7) is 3.04. The van der Waals surface area contributed by atoms with Gasteiger partial charge in [0.2, 0.25) is 5.82 Å². The van der Waals surface area contributed by atoms with E-state index >= 15 is 0 Å². The fourth-order valence-electron chi connectivity index (χ4n) is 2.81. The molecule has 1 aliphatic rings. The quantitative estimate of drug-likeness (QED) is 0.350. The Morgan fingerprint density at radius 2 is 1.38 bits per heavy atom. The predicted octanol–water partition coefficient (Wildman–Crippen LogP) is 5.88. The lowest BCUT2D eigenvalue weighted by Crippen LogP contribution is -2.09. The van der Waals surface area contributed by atoms with Crippen LogP contribution >= 0.6 is 11.6 Å². The summed E-state index contributed by atoms with van der Waals surface area (Å²) >= 11 is 5.14. The Morgan fingerprint density at radius 1 is 0.958 bits per heavy atom. The molecular formula is C15H11ClF8. The molecule has 2 rings (SSSR count). The first-order valence-corrected chi connectivity index (χ1v) is 7.12. The molecule has 9 heteroatoms. The molecule has 24 heavy (non-hydrogen) atoms. The van der Waals surface area contributed by atoms with Crippen molar-refractivity contribution in [3.05, 3.63) is 45.8 Å². The summed E-state index contributed by atoms with van der Waals surface area (Å²) in [6.07, 6.45) is -4.66. The summed E-state index contributed by atoms with van der Waals surface area (Å²) in [5.41, 5.74) is -1.87. The summed E-state index contributed by atoms with van der Waals surface area (Å²) in [6, 6.07) is 0. The number of halogens is 9. The second kappa shape index (κ2) is 5.89. The Kier molecular flexibility index (Phi) is 4.67. The van der Waals surface area contributed by atoms with E-state index in [2.05, 4.69) is 0 Å². The number of benzene rings is 1. The lowest BCUT2D eigenvalue weighted by Gasteiger charge is -2.09. The Balaban J connectivity index is 2.34. The fourth-order valence-corrected chi connectivity index (χ4v) is 2.94. The zero-order valence-electron chi connectivity index (χ0n) is 12.3. The summed E-state index contributed by atoms with van der Waals surface area (Å²) in [5, 5.41) is -1.39. The van der Waals surface area contributed by atoms with Gasteiger partial charge in [0, 0.05) is 5.56 Å². The van der Waals surface area contributed by atoms with Crippen LogP contribution in [0.3, 0.4) is 0 Å². The minimum Gasteiger partial charge on any atom is -0.203 e. The molecule has 0 spiro atoms. The second-order valence-corrected chi connectivity index (χ2v) is 6.63. The van der Waals surface area contributed by atoms with Crippen LogP contribution in [0.25, 0.3) is 0 Å². The normalized spacial score (nSPS) is 23.5. The van der Waals surface area contributed by atoms with Crippen molar-refractivity contribution < 1.29 is 35.1 Å². The molecule has 0 amide bonds. The average Bonchev–Trinajstić information content (AvgIpc) is 2.98. The Bertz CT molecular complexity index is 675. The van der Waals surface area contributed by atoms with E-state index in [0.29, 0.717) is 6.08 Å². The highest BCUT2D eigenvalue weighted by Gasteiger charge is 2.57. The first-order chi connectivity index (χ1) is 10.8. The zero-order chi connectivity index (χ0) is 18.6. The minimum atomic E-state index is -4.77. The van der Waals surface area contributed by atoms with Gasteiger partial charge in [-0.25, -0.2) is 22.0 Å². The minimum absolute atomic E-state index is 0.595. The van der Waals surface area contributed by atoms with E-state index in [4.69, 9.17) is 11.6 Å². The van der Waals surface area contributed by atoms with E-state index in [9.17, 15) is 35.1 Å². The zero-order valence-corrected chi connectivity index (χ0v) is 13.1. The maximum Gasteiger partial charge on any atom is 0.426 e. The van der Waals surface area contributed by atoms with Crippen LogP contribution in [0.2, 0.25) is 0 Å². The molecule has 0 nitrogen and oxygen atoms in total. The molecule has 0 N–H and O–H groups in total. The third kappa shape index (κ3) is 3.12. The summed E-state index contributed by atoms with van der Waals surface area (Å²) in [7, 11) is 0. The second-order valence-electron chi connectivity index (χ2n) is 6.22. The number of rotatable bonds is 3. The Hall–Kier alpha value is -1.31. The molecule has 1 saturated carbocycles. The standard InChI is InChI=1S/C15H11ClF8/c1-14(2)6(7(14)4-8(16)15(22,23)24)3-5-9(17)11(19)13(21)12(20)10(5)18/h4,6-7H,3H2,1-2H3. The fraction of sp³-hybridized carbons (Fsp3) is 0.467. The van der Waals surface area contributed by atoms with Crippen molar-refractivity contribution in [3.8, 4) is 0 Å². The number of alkyl halides is 3. The van der Waals surface area contributed by atoms with Gasteiger partial charge in [-0.15, -0.1) is 0 Å². The van der Waals surface area contributed by atoms with Crippen molar-refractivity contribution in [3.63, 3.8) is 0 Å². The summed E-state index contributed by atoms with van der Waals surface area (Å²) in [4.78, 5) is 0. The van der Waals surface area contributed by atoms with Crippen LogP contribution in [0.4, 0.5) is 35.1 Å². The van der Waals surface area contributed by atoms with Gasteiger partial charge in [0.25, 0.3) is 0 Å². The monoisotopic (exact) mass is 378 g/mol. The van der Waals surface area contributed by atoms with Crippen molar-refractivity contribution in [2.24, 2.45) is 17.3 Å². The molecule has 0 aromatic heterocycles.